The molecule has 2 aromatic heterocycles. The maximum atomic E-state index is 12.8. The molecular weight excluding hydrogens is 408 g/mol. The Hall–Kier alpha value is -2.75. The van der Waals surface area contributed by atoms with Gasteiger partial charge in [-0.2, -0.15) is 26.3 Å². The summed E-state index contributed by atoms with van der Waals surface area (Å²) in [6.45, 7) is 0. The number of benzene rings is 1. The molecule has 2 heterocycles. The van der Waals surface area contributed by atoms with E-state index in [9.17, 15) is 26.3 Å². The molecule has 0 unspecified atom stereocenters. The topological polar surface area (TPSA) is 31.4 Å². The lowest BCUT2D eigenvalue weighted by Gasteiger charge is -2.11. The third-order valence-corrected chi connectivity index (χ3v) is 4.69. The van der Waals surface area contributed by atoms with Gasteiger partial charge in [0, 0.05) is 12.1 Å². The van der Waals surface area contributed by atoms with Crippen molar-refractivity contribution in [2.45, 2.75) is 12.4 Å². The van der Waals surface area contributed by atoms with Crippen molar-refractivity contribution in [3.63, 3.8) is 0 Å². The van der Waals surface area contributed by atoms with E-state index in [1.165, 1.54) is 37.4 Å². The number of thiophene rings is 1. The molecule has 28 heavy (non-hydrogen) atoms. The van der Waals surface area contributed by atoms with Crippen molar-refractivity contribution < 1.29 is 35.8 Å². The van der Waals surface area contributed by atoms with Gasteiger partial charge in [0.25, 0.3) is 0 Å². The van der Waals surface area contributed by atoms with E-state index in [1.807, 2.05) is 0 Å². The van der Waals surface area contributed by atoms with E-state index in [2.05, 4.69) is 4.98 Å². The third-order valence-electron chi connectivity index (χ3n) is 3.53. The fourth-order valence-electron chi connectivity index (χ4n) is 2.26. The average Bonchev–Trinajstić information content (AvgIpc) is 3.11. The van der Waals surface area contributed by atoms with Crippen molar-refractivity contribution >= 4 is 11.3 Å². The summed E-state index contributed by atoms with van der Waals surface area (Å²) in [6.07, 6.45) is -9.03. The number of aromatic nitrogens is 1. The highest BCUT2D eigenvalue weighted by atomic mass is 32.1. The van der Waals surface area contributed by atoms with Gasteiger partial charge in [0.1, 0.15) is 16.4 Å². The SMILES string of the molecule is COc1cc(Oc2cccc(C(F)(F)F)c2)nc(-c2ccc(C(F)(F)F)s2)c1. The third kappa shape index (κ3) is 4.56. The van der Waals surface area contributed by atoms with Crippen molar-refractivity contribution in [1.29, 1.82) is 0 Å². The fraction of sp³-hybridized carbons (Fsp3) is 0.167. The van der Waals surface area contributed by atoms with Gasteiger partial charge >= 0.3 is 12.4 Å². The summed E-state index contributed by atoms with van der Waals surface area (Å²) in [6, 6.07) is 9.08. The molecule has 0 aliphatic heterocycles. The van der Waals surface area contributed by atoms with E-state index < -0.39 is 22.8 Å². The second kappa shape index (κ2) is 7.34. The lowest BCUT2D eigenvalue weighted by atomic mass is 10.2. The van der Waals surface area contributed by atoms with Crippen LogP contribution in [-0.2, 0) is 12.4 Å². The van der Waals surface area contributed by atoms with Crippen LogP contribution in [0.1, 0.15) is 10.4 Å². The summed E-state index contributed by atoms with van der Waals surface area (Å²) in [5.74, 6) is -0.00624. The first kappa shape index (κ1) is 20.0. The van der Waals surface area contributed by atoms with E-state index in [-0.39, 0.29) is 28.0 Å². The summed E-state index contributed by atoms with van der Waals surface area (Å²) in [5, 5.41) is 0. The molecule has 3 rings (SSSR count). The Kier molecular flexibility index (Phi) is 5.24. The van der Waals surface area contributed by atoms with Crippen LogP contribution in [0.5, 0.6) is 17.4 Å². The predicted molar refractivity (Wildman–Crippen MR) is 90.6 cm³/mol. The van der Waals surface area contributed by atoms with Crippen LogP contribution in [0, 0.1) is 0 Å². The summed E-state index contributed by atoms with van der Waals surface area (Å²) in [5.41, 5.74) is -0.761. The second-order valence-electron chi connectivity index (χ2n) is 5.52. The molecule has 0 N–H and O–H groups in total. The zero-order valence-corrected chi connectivity index (χ0v) is 14.9. The van der Waals surface area contributed by atoms with E-state index in [0.29, 0.717) is 11.3 Å². The van der Waals surface area contributed by atoms with Gasteiger partial charge in [-0.05, 0) is 30.3 Å². The molecule has 0 aliphatic rings. The van der Waals surface area contributed by atoms with Gasteiger partial charge in [-0.25, -0.2) is 4.98 Å². The molecule has 3 nitrogen and oxygen atoms in total. The monoisotopic (exact) mass is 419 g/mol. The first-order valence-corrected chi connectivity index (χ1v) is 8.46. The van der Waals surface area contributed by atoms with E-state index >= 15 is 0 Å². The molecule has 0 fully saturated rings. The molecule has 0 spiro atoms. The highest BCUT2D eigenvalue weighted by Gasteiger charge is 2.33. The number of methoxy groups -OCH3 is 1. The minimum Gasteiger partial charge on any atom is -0.496 e. The Morgan fingerprint density at radius 2 is 1.61 bits per heavy atom. The number of pyridine rings is 1. The van der Waals surface area contributed by atoms with Crippen molar-refractivity contribution in [3.8, 4) is 28.0 Å². The Bertz CT molecular complexity index is 981. The van der Waals surface area contributed by atoms with Crippen LogP contribution < -0.4 is 9.47 Å². The van der Waals surface area contributed by atoms with Crippen LogP contribution in [0.3, 0.4) is 0 Å². The highest BCUT2D eigenvalue weighted by Crippen LogP contribution is 2.39. The van der Waals surface area contributed by atoms with Gasteiger partial charge in [0.05, 0.1) is 23.2 Å². The summed E-state index contributed by atoms with van der Waals surface area (Å²) >= 11 is 0.486. The number of hydrogen-bond donors (Lipinski definition) is 0. The van der Waals surface area contributed by atoms with Crippen molar-refractivity contribution in [3.05, 3.63) is 59.0 Å². The zero-order chi connectivity index (χ0) is 20.5. The molecule has 0 amide bonds. The molecule has 0 saturated heterocycles. The number of halogens is 6. The molecule has 10 heteroatoms. The van der Waals surface area contributed by atoms with Gasteiger partial charge in [0.2, 0.25) is 5.88 Å². The molecule has 0 radical (unpaired) electrons. The standard InChI is InChI=1S/C18H11F6NO2S/c1-26-12-8-13(14-5-6-15(28-14)18(22,23)24)25-16(9-12)27-11-4-2-3-10(7-11)17(19,20)21/h2-9H,1H3. The number of ether oxygens (including phenoxy) is 2. The molecule has 0 bridgehead atoms. The Balaban J connectivity index is 1.95. The maximum absolute atomic E-state index is 12.8. The Labute approximate surface area is 159 Å². The summed E-state index contributed by atoms with van der Waals surface area (Å²) in [7, 11) is 1.34. The smallest absolute Gasteiger partial charge is 0.425 e. The van der Waals surface area contributed by atoms with Gasteiger partial charge in [-0.3, -0.25) is 0 Å². The summed E-state index contributed by atoms with van der Waals surface area (Å²) < 4.78 is 87.4. The highest BCUT2D eigenvalue weighted by molar-refractivity contribution is 7.15. The van der Waals surface area contributed by atoms with E-state index in [0.717, 1.165) is 18.2 Å². The van der Waals surface area contributed by atoms with Crippen LogP contribution in [0.25, 0.3) is 10.6 Å². The van der Waals surface area contributed by atoms with Crippen LogP contribution >= 0.6 is 11.3 Å². The van der Waals surface area contributed by atoms with Crippen molar-refractivity contribution in [2.24, 2.45) is 0 Å². The zero-order valence-electron chi connectivity index (χ0n) is 14.1. The van der Waals surface area contributed by atoms with E-state index in [4.69, 9.17) is 9.47 Å². The minimum absolute atomic E-state index is 0.115. The number of nitrogens with zero attached hydrogens (tertiary/aromatic N) is 1. The van der Waals surface area contributed by atoms with Crippen LogP contribution in [0.4, 0.5) is 26.3 Å². The van der Waals surface area contributed by atoms with Crippen LogP contribution in [-0.4, -0.2) is 12.1 Å². The molecule has 0 atom stereocenters. The van der Waals surface area contributed by atoms with Gasteiger partial charge in [0.15, 0.2) is 0 Å². The number of alkyl halides is 6. The van der Waals surface area contributed by atoms with Crippen molar-refractivity contribution in [2.75, 3.05) is 7.11 Å². The molecule has 0 aliphatic carbocycles. The van der Waals surface area contributed by atoms with Gasteiger partial charge in [-0.15, -0.1) is 11.3 Å². The Morgan fingerprint density at radius 3 is 2.21 bits per heavy atom. The predicted octanol–water partition coefficient (Wildman–Crippen LogP) is 6.65. The van der Waals surface area contributed by atoms with Crippen LogP contribution in [0.2, 0.25) is 0 Å². The largest absolute Gasteiger partial charge is 0.496 e. The molecule has 1 aromatic carbocycles. The fourth-order valence-corrected chi connectivity index (χ4v) is 3.10. The molecule has 148 valence electrons. The normalized spacial score (nSPS) is 12.1. The quantitative estimate of drug-likeness (QED) is 0.444. The lowest BCUT2D eigenvalue weighted by molar-refractivity contribution is -0.137. The minimum atomic E-state index is -4.54. The van der Waals surface area contributed by atoms with Crippen molar-refractivity contribution in [1.82, 2.24) is 4.98 Å². The maximum Gasteiger partial charge on any atom is 0.425 e. The lowest BCUT2D eigenvalue weighted by Crippen LogP contribution is -2.04. The first-order valence-electron chi connectivity index (χ1n) is 7.65. The average molecular weight is 419 g/mol. The second-order valence-corrected chi connectivity index (χ2v) is 6.60. The van der Waals surface area contributed by atoms with E-state index in [1.54, 1.807) is 0 Å². The molecular formula is C18H11F6NO2S. The van der Waals surface area contributed by atoms with Gasteiger partial charge in [-0.1, -0.05) is 6.07 Å². The van der Waals surface area contributed by atoms with Crippen LogP contribution in [0.15, 0.2) is 48.5 Å². The number of rotatable bonds is 4. The number of hydrogen-bond acceptors (Lipinski definition) is 4. The first-order chi connectivity index (χ1) is 13.1. The van der Waals surface area contributed by atoms with Gasteiger partial charge < -0.3 is 9.47 Å². The molecule has 0 saturated carbocycles. The summed E-state index contributed by atoms with van der Waals surface area (Å²) in [4.78, 5) is 3.50. The molecule has 3 aromatic rings. The Morgan fingerprint density at radius 1 is 0.857 bits per heavy atom.